The summed E-state index contributed by atoms with van der Waals surface area (Å²) in [6.07, 6.45) is 0.872. The SMILES string of the molecule is O=C(N/N=C\c1ccc(-c2cccc(C(F)(F)F)c2)o1)c1cnccn1. The van der Waals surface area contributed by atoms with E-state index in [1.165, 1.54) is 49.1 Å². The molecule has 132 valence electrons. The van der Waals surface area contributed by atoms with Gasteiger partial charge in [0.25, 0.3) is 5.91 Å². The number of nitrogens with one attached hydrogen (secondary N) is 1. The lowest BCUT2D eigenvalue weighted by Crippen LogP contribution is -2.18. The molecule has 2 aromatic heterocycles. The minimum atomic E-state index is -4.43. The molecule has 0 aliphatic heterocycles. The minimum absolute atomic E-state index is 0.0914. The van der Waals surface area contributed by atoms with E-state index in [0.717, 1.165) is 12.1 Å². The van der Waals surface area contributed by atoms with Gasteiger partial charge in [-0.1, -0.05) is 12.1 Å². The fourth-order valence-electron chi connectivity index (χ4n) is 2.05. The first kappa shape index (κ1) is 17.3. The molecule has 0 aliphatic carbocycles. The molecule has 3 rings (SSSR count). The Morgan fingerprint density at radius 3 is 2.77 bits per heavy atom. The third-order valence-electron chi connectivity index (χ3n) is 3.25. The van der Waals surface area contributed by atoms with Crippen LogP contribution >= 0.6 is 0 Å². The van der Waals surface area contributed by atoms with Gasteiger partial charge in [0.15, 0.2) is 0 Å². The summed E-state index contributed by atoms with van der Waals surface area (Å²) >= 11 is 0. The number of hydrazone groups is 1. The summed E-state index contributed by atoms with van der Waals surface area (Å²) in [5, 5.41) is 3.72. The molecule has 0 spiro atoms. The Morgan fingerprint density at radius 2 is 2.04 bits per heavy atom. The first-order valence-electron chi connectivity index (χ1n) is 7.30. The summed E-state index contributed by atoms with van der Waals surface area (Å²) in [6, 6.07) is 7.82. The topological polar surface area (TPSA) is 80.4 Å². The average molecular weight is 360 g/mol. The standard InChI is InChI=1S/C17H11F3N4O2/c18-17(19,20)12-3-1-2-11(8-12)15-5-4-13(26-15)9-23-24-16(25)14-10-21-6-7-22-14/h1-10H,(H,24,25)/b23-9-. The zero-order valence-corrected chi connectivity index (χ0v) is 13.1. The second-order valence-electron chi connectivity index (χ2n) is 5.07. The van der Waals surface area contributed by atoms with E-state index in [0.29, 0.717) is 0 Å². The van der Waals surface area contributed by atoms with Gasteiger partial charge >= 0.3 is 6.18 Å². The highest BCUT2D eigenvalue weighted by Gasteiger charge is 2.30. The molecule has 0 bridgehead atoms. The van der Waals surface area contributed by atoms with Crippen LogP contribution in [-0.4, -0.2) is 22.1 Å². The Hall–Kier alpha value is -3.49. The van der Waals surface area contributed by atoms with Gasteiger partial charge in [0, 0.05) is 18.0 Å². The van der Waals surface area contributed by atoms with Crippen molar-refractivity contribution in [1.29, 1.82) is 0 Å². The van der Waals surface area contributed by atoms with Crippen molar-refractivity contribution >= 4 is 12.1 Å². The van der Waals surface area contributed by atoms with Gasteiger partial charge in [-0.25, -0.2) is 10.4 Å². The number of hydrogen-bond acceptors (Lipinski definition) is 5. The van der Waals surface area contributed by atoms with Crippen LogP contribution in [0.25, 0.3) is 11.3 Å². The van der Waals surface area contributed by atoms with E-state index in [2.05, 4.69) is 20.5 Å². The zero-order valence-electron chi connectivity index (χ0n) is 13.1. The molecule has 0 saturated carbocycles. The summed E-state index contributed by atoms with van der Waals surface area (Å²) in [5.74, 6) is -0.0475. The number of rotatable bonds is 4. The molecule has 26 heavy (non-hydrogen) atoms. The Kier molecular flexibility index (Phi) is 4.78. The smallest absolute Gasteiger partial charge is 0.416 e. The Bertz CT molecular complexity index is 936. The van der Waals surface area contributed by atoms with E-state index in [1.807, 2.05) is 0 Å². The van der Waals surface area contributed by atoms with Crippen LogP contribution in [0, 0.1) is 0 Å². The number of carbonyl (C=O) groups is 1. The monoisotopic (exact) mass is 360 g/mol. The van der Waals surface area contributed by atoms with Crippen molar-refractivity contribution in [2.45, 2.75) is 6.18 Å². The molecule has 1 N–H and O–H groups in total. The quantitative estimate of drug-likeness (QED) is 0.570. The van der Waals surface area contributed by atoms with E-state index in [4.69, 9.17) is 4.42 Å². The van der Waals surface area contributed by atoms with Gasteiger partial charge in [0.05, 0.1) is 18.0 Å². The Balaban J connectivity index is 1.69. The predicted molar refractivity (Wildman–Crippen MR) is 86.2 cm³/mol. The van der Waals surface area contributed by atoms with Gasteiger partial charge in [0.1, 0.15) is 17.2 Å². The van der Waals surface area contributed by atoms with Crippen LogP contribution in [0.4, 0.5) is 13.2 Å². The van der Waals surface area contributed by atoms with Crippen LogP contribution in [0.5, 0.6) is 0 Å². The lowest BCUT2D eigenvalue weighted by molar-refractivity contribution is -0.137. The first-order chi connectivity index (χ1) is 12.4. The summed E-state index contributed by atoms with van der Waals surface area (Å²) in [5.41, 5.74) is 1.85. The van der Waals surface area contributed by atoms with Gasteiger partial charge in [0.2, 0.25) is 0 Å². The van der Waals surface area contributed by atoms with Crippen molar-refractivity contribution in [2.24, 2.45) is 5.10 Å². The number of aromatic nitrogens is 2. The van der Waals surface area contributed by atoms with E-state index < -0.39 is 17.6 Å². The first-order valence-corrected chi connectivity index (χ1v) is 7.30. The van der Waals surface area contributed by atoms with Crippen LogP contribution in [0.1, 0.15) is 21.8 Å². The number of amides is 1. The maximum absolute atomic E-state index is 12.8. The summed E-state index contributed by atoms with van der Waals surface area (Å²) in [4.78, 5) is 19.3. The normalized spacial score (nSPS) is 11.7. The van der Waals surface area contributed by atoms with Crippen molar-refractivity contribution in [3.63, 3.8) is 0 Å². The highest BCUT2D eigenvalue weighted by molar-refractivity contribution is 5.92. The minimum Gasteiger partial charge on any atom is -0.455 e. The van der Waals surface area contributed by atoms with E-state index in [-0.39, 0.29) is 22.8 Å². The molecule has 0 fully saturated rings. The van der Waals surface area contributed by atoms with Gasteiger partial charge in [-0.2, -0.15) is 18.3 Å². The van der Waals surface area contributed by atoms with Gasteiger partial charge in [-0.05, 0) is 24.3 Å². The molecule has 0 unspecified atom stereocenters. The molecule has 2 heterocycles. The maximum atomic E-state index is 12.8. The van der Waals surface area contributed by atoms with Crippen LogP contribution in [0.2, 0.25) is 0 Å². The average Bonchev–Trinajstić information content (AvgIpc) is 3.11. The third kappa shape index (κ3) is 4.12. The molecular weight excluding hydrogens is 349 g/mol. The van der Waals surface area contributed by atoms with Crippen molar-refractivity contribution in [3.05, 3.63) is 72.0 Å². The second-order valence-corrected chi connectivity index (χ2v) is 5.07. The van der Waals surface area contributed by atoms with Crippen LogP contribution in [-0.2, 0) is 6.18 Å². The molecule has 3 aromatic rings. The molecule has 0 saturated heterocycles. The Morgan fingerprint density at radius 1 is 1.19 bits per heavy atom. The highest BCUT2D eigenvalue weighted by atomic mass is 19.4. The summed E-state index contributed by atoms with van der Waals surface area (Å²) < 4.78 is 43.7. The molecule has 1 aromatic carbocycles. The lowest BCUT2D eigenvalue weighted by atomic mass is 10.1. The number of nitrogens with zero attached hydrogens (tertiary/aromatic N) is 3. The number of furan rings is 1. The number of carbonyl (C=O) groups excluding carboxylic acids is 1. The van der Waals surface area contributed by atoms with Crippen LogP contribution in [0.3, 0.4) is 0 Å². The number of halogens is 3. The lowest BCUT2D eigenvalue weighted by Gasteiger charge is -2.07. The number of hydrogen-bond donors (Lipinski definition) is 1. The van der Waals surface area contributed by atoms with Gasteiger partial charge in [-0.3, -0.25) is 9.78 Å². The molecule has 0 radical (unpaired) electrons. The Labute approximate surface area is 145 Å². The van der Waals surface area contributed by atoms with Crippen molar-refractivity contribution in [3.8, 4) is 11.3 Å². The zero-order chi connectivity index (χ0) is 18.6. The van der Waals surface area contributed by atoms with Gasteiger partial charge in [-0.15, -0.1) is 0 Å². The maximum Gasteiger partial charge on any atom is 0.416 e. The second kappa shape index (κ2) is 7.18. The van der Waals surface area contributed by atoms with E-state index >= 15 is 0 Å². The molecule has 6 nitrogen and oxygen atoms in total. The van der Waals surface area contributed by atoms with Crippen LogP contribution < -0.4 is 5.43 Å². The third-order valence-corrected chi connectivity index (χ3v) is 3.25. The summed E-state index contributed by atoms with van der Waals surface area (Å²) in [7, 11) is 0. The number of alkyl halides is 3. The molecular formula is C17H11F3N4O2. The highest BCUT2D eigenvalue weighted by Crippen LogP contribution is 2.32. The van der Waals surface area contributed by atoms with E-state index in [9.17, 15) is 18.0 Å². The van der Waals surface area contributed by atoms with Crippen molar-refractivity contribution in [2.75, 3.05) is 0 Å². The largest absolute Gasteiger partial charge is 0.455 e. The van der Waals surface area contributed by atoms with Crippen LogP contribution in [0.15, 0.2) is 64.5 Å². The predicted octanol–water partition coefficient (Wildman–Crippen LogP) is 3.52. The molecule has 0 aliphatic rings. The molecule has 9 heteroatoms. The van der Waals surface area contributed by atoms with Gasteiger partial charge < -0.3 is 4.42 Å². The molecule has 1 amide bonds. The number of benzene rings is 1. The van der Waals surface area contributed by atoms with Crippen molar-refractivity contribution < 1.29 is 22.4 Å². The van der Waals surface area contributed by atoms with Crippen molar-refractivity contribution in [1.82, 2.24) is 15.4 Å². The fraction of sp³-hybridized carbons (Fsp3) is 0.0588. The fourth-order valence-corrected chi connectivity index (χ4v) is 2.05. The molecule has 0 atom stereocenters. The van der Waals surface area contributed by atoms with E-state index in [1.54, 1.807) is 0 Å². The summed E-state index contributed by atoms with van der Waals surface area (Å²) in [6.45, 7) is 0.